The summed E-state index contributed by atoms with van der Waals surface area (Å²) < 4.78 is 0. The maximum atomic E-state index is 13.6. The van der Waals surface area contributed by atoms with E-state index in [9.17, 15) is 14.4 Å². The van der Waals surface area contributed by atoms with Crippen LogP contribution in [0, 0.1) is 0 Å². The molecule has 3 aromatic rings. The van der Waals surface area contributed by atoms with Gasteiger partial charge in [-0.3, -0.25) is 19.4 Å². The van der Waals surface area contributed by atoms with Gasteiger partial charge >= 0.3 is 0 Å². The quantitative estimate of drug-likeness (QED) is 0.525. The number of carbonyl (C=O) groups is 3. The Hall–Kier alpha value is -4.66. The summed E-state index contributed by atoms with van der Waals surface area (Å²) >= 11 is 0. The Balaban J connectivity index is 1.26. The predicted octanol–water partition coefficient (Wildman–Crippen LogP) is 3.36. The van der Waals surface area contributed by atoms with E-state index in [1.54, 1.807) is 24.3 Å². The summed E-state index contributed by atoms with van der Waals surface area (Å²) in [6.07, 6.45) is 0.562. The van der Waals surface area contributed by atoms with Crippen molar-refractivity contribution in [2.75, 3.05) is 11.4 Å². The van der Waals surface area contributed by atoms with E-state index in [-0.39, 0.29) is 18.5 Å². The van der Waals surface area contributed by atoms with E-state index < -0.39 is 23.9 Å². The van der Waals surface area contributed by atoms with Crippen LogP contribution >= 0.6 is 0 Å². The largest absolute Gasteiger partial charge is 0.271 e. The van der Waals surface area contributed by atoms with Gasteiger partial charge in [-0.05, 0) is 23.3 Å². The van der Waals surface area contributed by atoms with Crippen LogP contribution in [-0.2, 0) is 14.4 Å². The fourth-order valence-corrected chi connectivity index (χ4v) is 4.88. The third-order valence-corrected chi connectivity index (χ3v) is 6.63. The fourth-order valence-electron chi connectivity index (χ4n) is 4.88. The summed E-state index contributed by atoms with van der Waals surface area (Å²) in [5, 5.41) is 15.5. The summed E-state index contributed by atoms with van der Waals surface area (Å²) in [6, 6.07) is 26.0. The summed E-state index contributed by atoms with van der Waals surface area (Å²) in [4.78, 5) is 40.8. The van der Waals surface area contributed by atoms with E-state index >= 15 is 0 Å². The molecular formula is C27H22N6O3. The lowest BCUT2D eigenvalue weighted by Gasteiger charge is -2.25. The highest BCUT2D eigenvalue weighted by Gasteiger charge is 2.55. The number of anilines is 1. The fraction of sp³-hybridized carbons (Fsp3) is 0.185. The summed E-state index contributed by atoms with van der Waals surface area (Å²) in [7, 11) is 0. The molecule has 9 nitrogen and oxygen atoms in total. The number of rotatable bonds is 5. The van der Waals surface area contributed by atoms with Gasteiger partial charge < -0.3 is 0 Å². The molecule has 1 fully saturated rings. The number of benzene rings is 3. The van der Waals surface area contributed by atoms with Crippen LogP contribution in [0.25, 0.3) is 0 Å². The molecule has 3 aliphatic rings. The molecule has 0 aliphatic carbocycles. The zero-order valence-electron chi connectivity index (χ0n) is 19.2. The Kier molecular flexibility index (Phi) is 5.37. The highest BCUT2D eigenvalue weighted by molar-refractivity contribution is 6.25. The second kappa shape index (κ2) is 8.84. The molecule has 3 heterocycles. The Labute approximate surface area is 207 Å². The van der Waals surface area contributed by atoms with Gasteiger partial charge in [-0.15, -0.1) is 0 Å². The molecule has 0 saturated carbocycles. The van der Waals surface area contributed by atoms with Crippen molar-refractivity contribution in [1.82, 2.24) is 10.0 Å². The molecule has 0 spiro atoms. The molecule has 0 bridgehead atoms. The number of carbonyl (C=O) groups excluding carboxylic acids is 3. The van der Waals surface area contributed by atoms with E-state index in [0.29, 0.717) is 12.1 Å². The van der Waals surface area contributed by atoms with Crippen LogP contribution in [0.15, 0.2) is 106 Å². The first-order valence-electron chi connectivity index (χ1n) is 11.7. The van der Waals surface area contributed by atoms with Crippen LogP contribution < -0.4 is 4.90 Å². The topological polar surface area (TPSA) is 98.0 Å². The van der Waals surface area contributed by atoms with Gasteiger partial charge in [0.05, 0.1) is 17.4 Å². The van der Waals surface area contributed by atoms with Crippen LogP contribution in [0.4, 0.5) is 5.69 Å². The van der Waals surface area contributed by atoms with Crippen LogP contribution in [0.2, 0.25) is 0 Å². The van der Waals surface area contributed by atoms with Gasteiger partial charge in [-0.2, -0.15) is 10.2 Å². The molecule has 3 aromatic carbocycles. The molecule has 0 aromatic heterocycles. The third-order valence-electron chi connectivity index (χ3n) is 6.63. The zero-order chi connectivity index (χ0) is 24.6. The number of imide groups is 1. The second-order valence-corrected chi connectivity index (χ2v) is 8.82. The van der Waals surface area contributed by atoms with Gasteiger partial charge in [-0.25, -0.2) is 9.91 Å². The lowest BCUT2D eigenvalue weighted by Crippen LogP contribution is -2.44. The lowest BCUT2D eigenvalue weighted by atomic mass is 9.98. The van der Waals surface area contributed by atoms with Gasteiger partial charge in [0, 0.05) is 6.42 Å². The molecular weight excluding hydrogens is 456 g/mol. The standard InChI is InChI=1S/C27H22N6O3/c34-23(17-31-25-24(28-30-31)26(35)32(27(25)36)20-14-8-3-9-15-20)33-22(19-12-6-2-7-13-19)16-21(29-33)18-10-4-1-5-11-18/h1-15,22,24-25H,16-17H2/t22-,24-,25+/m1/s1. The van der Waals surface area contributed by atoms with Crippen molar-refractivity contribution >= 4 is 29.1 Å². The molecule has 0 N–H and O–H groups in total. The molecule has 6 rings (SSSR count). The Bertz CT molecular complexity index is 1380. The molecule has 36 heavy (non-hydrogen) atoms. The number of hydrogen-bond donors (Lipinski definition) is 0. The van der Waals surface area contributed by atoms with Gasteiger partial charge in [0.25, 0.3) is 17.7 Å². The van der Waals surface area contributed by atoms with E-state index in [1.165, 1.54) is 10.0 Å². The van der Waals surface area contributed by atoms with E-state index in [1.807, 2.05) is 66.7 Å². The van der Waals surface area contributed by atoms with Crippen molar-refractivity contribution in [2.45, 2.75) is 24.5 Å². The Morgan fingerprint density at radius 1 is 0.833 bits per heavy atom. The van der Waals surface area contributed by atoms with Crippen LogP contribution in [-0.4, -0.2) is 52.1 Å². The van der Waals surface area contributed by atoms with Crippen LogP contribution in [0.1, 0.15) is 23.6 Å². The predicted molar refractivity (Wildman–Crippen MR) is 132 cm³/mol. The summed E-state index contributed by atoms with van der Waals surface area (Å²) in [6.45, 7) is -0.221. The number of hydrogen-bond acceptors (Lipinski definition) is 7. The smallest absolute Gasteiger partial charge is 0.264 e. The molecule has 0 unspecified atom stereocenters. The molecule has 3 aliphatic heterocycles. The van der Waals surface area contributed by atoms with Crippen molar-refractivity contribution < 1.29 is 14.4 Å². The Morgan fingerprint density at radius 2 is 1.47 bits per heavy atom. The maximum Gasteiger partial charge on any atom is 0.264 e. The van der Waals surface area contributed by atoms with Crippen molar-refractivity contribution in [3.05, 3.63) is 102 Å². The van der Waals surface area contributed by atoms with Crippen molar-refractivity contribution in [2.24, 2.45) is 15.4 Å². The first-order valence-corrected chi connectivity index (χ1v) is 11.7. The molecule has 178 valence electrons. The molecule has 3 atom stereocenters. The van der Waals surface area contributed by atoms with Gasteiger partial charge in [0.15, 0.2) is 12.1 Å². The number of nitrogens with zero attached hydrogens (tertiary/aromatic N) is 6. The highest BCUT2D eigenvalue weighted by atomic mass is 16.2. The molecule has 3 amide bonds. The minimum atomic E-state index is -0.961. The van der Waals surface area contributed by atoms with Crippen molar-refractivity contribution in [1.29, 1.82) is 0 Å². The SMILES string of the molecule is O=C1[C@@H]2[C@@H](N=NN2CC(=O)N2N=C(c3ccccc3)C[C@@H]2c2ccccc2)C(=O)N1c1ccccc1. The van der Waals surface area contributed by atoms with E-state index in [4.69, 9.17) is 0 Å². The zero-order valence-corrected chi connectivity index (χ0v) is 19.2. The average Bonchev–Trinajstić information content (AvgIpc) is 3.61. The normalized spacial score (nSPS) is 22.8. The number of hydrazone groups is 1. The first kappa shape index (κ1) is 21.8. The van der Waals surface area contributed by atoms with Gasteiger partial charge in [0.1, 0.15) is 6.54 Å². The monoisotopic (exact) mass is 478 g/mol. The van der Waals surface area contributed by atoms with Crippen LogP contribution in [0.5, 0.6) is 0 Å². The van der Waals surface area contributed by atoms with Crippen molar-refractivity contribution in [3.63, 3.8) is 0 Å². The van der Waals surface area contributed by atoms with E-state index in [2.05, 4.69) is 15.4 Å². The minimum absolute atomic E-state index is 0.221. The van der Waals surface area contributed by atoms with Crippen LogP contribution in [0.3, 0.4) is 0 Å². The number of fused-ring (bicyclic) bond motifs is 1. The summed E-state index contributed by atoms with van der Waals surface area (Å²) in [5.74, 6) is -1.21. The third kappa shape index (κ3) is 3.65. The average molecular weight is 479 g/mol. The second-order valence-electron chi connectivity index (χ2n) is 8.82. The van der Waals surface area contributed by atoms with Gasteiger partial charge in [-0.1, -0.05) is 84.1 Å². The lowest BCUT2D eigenvalue weighted by molar-refractivity contribution is -0.135. The van der Waals surface area contributed by atoms with Gasteiger partial charge in [0.2, 0.25) is 0 Å². The highest BCUT2D eigenvalue weighted by Crippen LogP contribution is 2.35. The molecule has 0 radical (unpaired) electrons. The molecule has 9 heteroatoms. The summed E-state index contributed by atoms with van der Waals surface area (Å²) in [5.41, 5.74) is 3.19. The number of para-hydroxylation sites is 1. The minimum Gasteiger partial charge on any atom is -0.271 e. The number of amides is 3. The van der Waals surface area contributed by atoms with E-state index in [0.717, 1.165) is 21.7 Å². The maximum absolute atomic E-state index is 13.6. The Morgan fingerprint density at radius 3 is 2.17 bits per heavy atom. The first-order chi connectivity index (χ1) is 17.6. The van der Waals surface area contributed by atoms with Crippen molar-refractivity contribution in [3.8, 4) is 0 Å². The molecule has 1 saturated heterocycles.